The number of rotatable bonds is 7. The normalized spacial score (nSPS) is 11.8. The number of allylic oxidation sites excluding steroid dienone is 1. The highest BCUT2D eigenvalue weighted by atomic mass is 15.2. The smallest absolute Gasteiger partial charge is 0.191 e. The molecule has 0 aromatic carbocycles. The van der Waals surface area contributed by atoms with Crippen LogP contribution in [0.5, 0.6) is 0 Å². The van der Waals surface area contributed by atoms with Crippen molar-refractivity contribution in [3.63, 3.8) is 0 Å². The molecule has 1 heterocycles. The van der Waals surface area contributed by atoms with Crippen molar-refractivity contribution in [2.75, 3.05) is 19.6 Å². The average Bonchev–Trinajstić information content (AvgIpc) is 2.44. The Morgan fingerprint density at radius 2 is 2.26 bits per heavy atom. The van der Waals surface area contributed by atoms with Gasteiger partial charge in [0.05, 0.1) is 0 Å². The second kappa shape index (κ2) is 10.1. The Hall–Kier alpha value is -1.84. The molecule has 1 aromatic rings. The van der Waals surface area contributed by atoms with Gasteiger partial charge in [-0.05, 0) is 32.4 Å². The quantitative estimate of drug-likeness (QED) is 0.342. The molecule has 0 amide bonds. The highest BCUT2D eigenvalue weighted by Gasteiger charge is 1.97. The Morgan fingerprint density at radius 1 is 1.37 bits per heavy atom. The van der Waals surface area contributed by atoms with E-state index >= 15 is 0 Å². The lowest BCUT2D eigenvalue weighted by molar-refractivity contribution is 0.787. The third kappa shape index (κ3) is 7.24. The fraction of sp³-hybridized carbons (Fsp3) is 0.467. The molecule has 4 nitrogen and oxygen atoms in total. The van der Waals surface area contributed by atoms with Crippen LogP contribution in [0.2, 0.25) is 0 Å². The molecule has 0 aliphatic rings. The third-order valence-electron chi connectivity index (χ3n) is 2.55. The Kier molecular flexibility index (Phi) is 8.10. The molecule has 1 rings (SSSR count). The SMILES string of the molecule is CC=CCCN=C(NCC)NCCc1ccccn1. The topological polar surface area (TPSA) is 49.3 Å². The number of guanidine groups is 1. The highest BCUT2D eigenvalue weighted by Crippen LogP contribution is 1.93. The fourth-order valence-electron chi connectivity index (χ4n) is 1.61. The maximum Gasteiger partial charge on any atom is 0.191 e. The van der Waals surface area contributed by atoms with Crippen molar-refractivity contribution in [2.45, 2.75) is 26.7 Å². The molecule has 0 spiro atoms. The lowest BCUT2D eigenvalue weighted by atomic mass is 10.3. The van der Waals surface area contributed by atoms with Gasteiger partial charge in [0.15, 0.2) is 5.96 Å². The number of hydrogen-bond donors (Lipinski definition) is 2. The van der Waals surface area contributed by atoms with E-state index in [2.05, 4.69) is 39.7 Å². The zero-order valence-corrected chi connectivity index (χ0v) is 11.9. The maximum atomic E-state index is 4.50. The van der Waals surface area contributed by atoms with Gasteiger partial charge in [0, 0.05) is 37.9 Å². The second-order valence-electron chi connectivity index (χ2n) is 4.12. The zero-order chi connectivity index (χ0) is 13.8. The second-order valence-corrected chi connectivity index (χ2v) is 4.12. The third-order valence-corrected chi connectivity index (χ3v) is 2.55. The summed E-state index contributed by atoms with van der Waals surface area (Å²) >= 11 is 0. The van der Waals surface area contributed by atoms with E-state index in [9.17, 15) is 0 Å². The molecular formula is C15H24N4. The van der Waals surface area contributed by atoms with Gasteiger partial charge in [0.2, 0.25) is 0 Å². The summed E-state index contributed by atoms with van der Waals surface area (Å²) in [6.07, 6.45) is 7.89. The van der Waals surface area contributed by atoms with E-state index in [1.807, 2.05) is 31.3 Å². The minimum absolute atomic E-state index is 0.809. The average molecular weight is 260 g/mol. The van der Waals surface area contributed by atoms with Gasteiger partial charge in [-0.3, -0.25) is 9.98 Å². The van der Waals surface area contributed by atoms with Crippen LogP contribution < -0.4 is 10.6 Å². The predicted molar refractivity (Wildman–Crippen MR) is 81.4 cm³/mol. The lowest BCUT2D eigenvalue weighted by Gasteiger charge is -2.10. The van der Waals surface area contributed by atoms with Crippen LogP contribution in [-0.4, -0.2) is 30.6 Å². The molecule has 2 N–H and O–H groups in total. The molecule has 104 valence electrons. The number of nitrogens with zero attached hydrogens (tertiary/aromatic N) is 2. The number of nitrogens with one attached hydrogen (secondary N) is 2. The molecule has 4 heteroatoms. The van der Waals surface area contributed by atoms with Crippen molar-refractivity contribution in [3.05, 3.63) is 42.2 Å². The summed E-state index contributed by atoms with van der Waals surface area (Å²) in [6.45, 7) is 6.62. The van der Waals surface area contributed by atoms with Gasteiger partial charge in [-0.15, -0.1) is 0 Å². The Bertz CT molecular complexity index is 384. The summed E-state index contributed by atoms with van der Waals surface area (Å²) in [5.41, 5.74) is 1.10. The van der Waals surface area contributed by atoms with E-state index in [-0.39, 0.29) is 0 Å². The van der Waals surface area contributed by atoms with Crippen LogP contribution in [0.1, 0.15) is 26.0 Å². The van der Waals surface area contributed by atoms with Crippen LogP contribution in [0.3, 0.4) is 0 Å². The van der Waals surface area contributed by atoms with E-state index in [1.165, 1.54) is 0 Å². The van der Waals surface area contributed by atoms with Gasteiger partial charge in [0.1, 0.15) is 0 Å². The van der Waals surface area contributed by atoms with E-state index in [0.29, 0.717) is 0 Å². The molecule has 0 saturated carbocycles. The lowest BCUT2D eigenvalue weighted by Crippen LogP contribution is -2.38. The fourth-order valence-corrected chi connectivity index (χ4v) is 1.61. The Balaban J connectivity index is 2.32. The summed E-state index contributed by atoms with van der Waals surface area (Å²) in [5.74, 6) is 0.878. The van der Waals surface area contributed by atoms with Crippen LogP contribution >= 0.6 is 0 Å². The molecule has 0 aliphatic heterocycles. The van der Waals surface area contributed by atoms with Crippen molar-refractivity contribution in [3.8, 4) is 0 Å². The van der Waals surface area contributed by atoms with Gasteiger partial charge < -0.3 is 10.6 Å². The minimum atomic E-state index is 0.809. The first-order valence-electron chi connectivity index (χ1n) is 6.90. The molecule has 19 heavy (non-hydrogen) atoms. The number of hydrogen-bond acceptors (Lipinski definition) is 2. The first-order chi connectivity index (χ1) is 9.36. The summed E-state index contributed by atoms with van der Waals surface area (Å²) in [7, 11) is 0. The van der Waals surface area contributed by atoms with Crippen LogP contribution in [0.25, 0.3) is 0 Å². The van der Waals surface area contributed by atoms with Crippen molar-refractivity contribution >= 4 is 5.96 Å². The molecule has 0 unspecified atom stereocenters. The summed E-state index contributed by atoms with van der Waals surface area (Å²) < 4.78 is 0. The molecule has 0 radical (unpaired) electrons. The van der Waals surface area contributed by atoms with Crippen LogP contribution in [0.15, 0.2) is 41.5 Å². The number of aliphatic imine (C=N–C) groups is 1. The van der Waals surface area contributed by atoms with Gasteiger partial charge in [0.25, 0.3) is 0 Å². The number of pyridine rings is 1. The molecular weight excluding hydrogens is 236 g/mol. The van der Waals surface area contributed by atoms with Gasteiger partial charge in [-0.1, -0.05) is 18.2 Å². The van der Waals surface area contributed by atoms with Crippen LogP contribution in [0.4, 0.5) is 0 Å². The van der Waals surface area contributed by atoms with Crippen LogP contribution in [0, 0.1) is 0 Å². The van der Waals surface area contributed by atoms with E-state index in [4.69, 9.17) is 0 Å². The highest BCUT2D eigenvalue weighted by molar-refractivity contribution is 5.79. The van der Waals surface area contributed by atoms with Gasteiger partial charge >= 0.3 is 0 Å². The molecule has 0 saturated heterocycles. The van der Waals surface area contributed by atoms with E-state index < -0.39 is 0 Å². The van der Waals surface area contributed by atoms with Crippen molar-refractivity contribution in [1.29, 1.82) is 0 Å². The van der Waals surface area contributed by atoms with Crippen molar-refractivity contribution < 1.29 is 0 Å². The van der Waals surface area contributed by atoms with E-state index in [1.54, 1.807) is 0 Å². The Morgan fingerprint density at radius 3 is 2.95 bits per heavy atom. The molecule has 0 fully saturated rings. The molecule has 0 aliphatic carbocycles. The van der Waals surface area contributed by atoms with Crippen LogP contribution in [-0.2, 0) is 6.42 Å². The van der Waals surface area contributed by atoms with Gasteiger partial charge in [-0.2, -0.15) is 0 Å². The Labute approximate surface area is 116 Å². The first kappa shape index (κ1) is 15.2. The minimum Gasteiger partial charge on any atom is -0.357 e. The summed E-state index contributed by atoms with van der Waals surface area (Å²) in [6, 6.07) is 5.99. The molecule has 0 bridgehead atoms. The summed E-state index contributed by atoms with van der Waals surface area (Å²) in [4.78, 5) is 8.80. The van der Waals surface area contributed by atoms with E-state index in [0.717, 1.165) is 44.1 Å². The monoisotopic (exact) mass is 260 g/mol. The summed E-state index contributed by atoms with van der Waals surface area (Å²) in [5, 5.41) is 6.56. The number of aromatic nitrogens is 1. The predicted octanol–water partition coefficient (Wildman–Crippen LogP) is 2.15. The maximum absolute atomic E-state index is 4.50. The largest absolute Gasteiger partial charge is 0.357 e. The molecule has 1 aromatic heterocycles. The van der Waals surface area contributed by atoms with Gasteiger partial charge in [-0.25, -0.2) is 0 Å². The van der Waals surface area contributed by atoms with Crippen molar-refractivity contribution in [1.82, 2.24) is 15.6 Å². The van der Waals surface area contributed by atoms with Crippen molar-refractivity contribution in [2.24, 2.45) is 4.99 Å². The first-order valence-corrected chi connectivity index (χ1v) is 6.90. The standard InChI is InChI=1S/C15H24N4/c1-3-5-7-12-18-15(16-4-2)19-13-10-14-9-6-8-11-17-14/h3,5-6,8-9,11H,4,7,10,12-13H2,1-2H3,(H2,16,18,19). The molecule has 0 atom stereocenters. The zero-order valence-electron chi connectivity index (χ0n) is 11.9.